The summed E-state index contributed by atoms with van der Waals surface area (Å²) in [6.07, 6.45) is 4.96. The van der Waals surface area contributed by atoms with E-state index in [1.54, 1.807) is 26.6 Å². The second kappa shape index (κ2) is 12.0. The van der Waals surface area contributed by atoms with Gasteiger partial charge in [0.25, 0.3) is 5.91 Å². The van der Waals surface area contributed by atoms with Crippen molar-refractivity contribution in [3.63, 3.8) is 0 Å². The minimum atomic E-state index is -0.932. The maximum absolute atomic E-state index is 14.3. The lowest BCUT2D eigenvalue weighted by Crippen LogP contribution is -2.50. The van der Waals surface area contributed by atoms with Crippen LogP contribution in [0.5, 0.6) is 5.75 Å². The van der Waals surface area contributed by atoms with Crippen molar-refractivity contribution in [3.05, 3.63) is 75.6 Å². The van der Waals surface area contributed by atoms with Crippen LogP contribution in [0.4, 0.5) is 0 Å². The van der Waals surface area contributed by atoms with E-state index in [2.05, 4.69) is 10.3 Å². The van der Waals surface area contributed by atoms with Gasteiger partial charge in [-0.3, -0.25) is 14.4 Å². The van der Waals surface area contributed by atoms with E-state index in [0.717, 1.165) is 29.5 Å². The molecular weight excluding hydrogens is 570 g/mol. The number of hydrogen-bond acceptors (Lipinski definition) is 6. The third-order valence-corrected chi connectivity index (χ3v) is 9.36. The van der Waals surface area contributed by atoms with Crippen LogP contribution in [0.3, 0.4) is 0 Å². The Labute approximate surface area is 255 Å². The molecule has 0 saturated heterocycles. The molecule has 1 aromatic heterocycles. The number of benzene rings is 2. The number of amides is 2. The van der Waals surface area contributed by atoms with Crippen molar-refractivity contribution in [1.29, 1.82) is 0 Å². The summed E-state index contributed by atoms with van der Waals surface area (Å²) in [5, 5.41) is 18.9. The Balaban J connectivity index is 1.37. The van der Waals surface area contributed by atoms with Crippen LogP contribution in [0.1, 0.15) is 84.4 Å². The van der Waals surface area contributed by atoms with Gasteiger partial charge in [0.2, 0.25) is 5.91 Å². The van der Waals surface area contributed by atoms with Gasteiger partial charge in [-0.1, -0.05) is 47.9 Å². The lowest BCUT2D eigenvalue weighted by molar-refractivity contribution is -0.153. The van der Waals surface area contributed by atoms with Crippen LogP contribution in [-0.2, 0) is 29.2 Å². The Hall–Kier alpha value is -3.92. The first kappa shape index (κ1) is 29.2. The third-order valence-electron chi connectivity index (χ3n) is 9.01. The summed E-state index contributed by atoms with van der Waals surface area (Å²) < 4.78 is 8.11. The Morgan fingerprint density at radius 3 is 2.60 bits per heavy atom. The van der Waals surface area contributed by atoms with E-state index in [9.17, 15) is 19.5 Å². The number of carboxylic acids is 1. The number of aromatic nitrogens is 3. The van der Waals surface area contributed by atoms with Crippen LogP contribution >= 0.6 is 11.6 Å². The van der Waals surface area contributed by atoms with Crippen LogP contribution in [0.15, 0.2) is 42.6 Å². The molecule has 3 aromatic rings. The molecule has 0 unspecified atom stereocenters. The van der Waals surface area contributed by atoms with E-state index in [1.165, 1.54) is 0 Å². The fraction of sp³-hybridized carbons (Fsp3) is 0.469. The number of ether oxygens (including phenoxy) is 1. The Morgan fingerprint density at radius 1 is 1.12 bits per heavy atom. The molecule has 43 heavy (non-hydrogen) atoms. The fourth-order valence-corrected chi connectivity index (χ4v) is 7.01. The van der Waals surface area contributed by atoms with Gasteiger partial charge in [0.05, 0.1) is 24.1 Å². The SMILES string of the molecule is CC(C)n1cc(COc2ccc(Cl)c3c2[C@@H](CN2Cc4ccccc4C2=O)N(C(=O)[C@@H]2CCCC[C@@H]2C(=O)O)CC3)nn1. The summed E-state index contributed by atoms with van der Waals surface area (Å²) >= 11 is 6.75. The quantitative estimate of drug-likeness (QED) is 0.381. The van der Waals surface area contributed by atoms with Crippen molar-refractivity contribution in [2.75, 3.05) is 13.1 Å². The number of halogens is 1. The molecule has 1 N–H and O–H groups in total. The monoisotopic (exact) mass is 605 g/mol. The molecule has 0 radical (unpaired) electrons. The fourth-order valence-electron chi connectivity index (χ4n) is 6.75. The molecule has 10 nitrogen and oxygen atoms in total. The Morgan fingerprint density at radius 2 is 1.88 bits per heavy atom. The molecular formula is C32H36ClN5O5. The minimum Gasteiger partial charge on any atom is -0.487 e. The second-order valence-corrected chi connectivity index (χ2v) is 12.4. The first-order valence-corrected chi connectivity index (χ1v) is 15.4. The van der Waals surface area contributed by atoms with Gasteiger partial charge in [-0.25, -0.2) is 4.68 Å². The molecule has 1 fully saturated rings. The lowest BCUT2D eigenvalue weighted by atomic mass is 9.77. The lowest BCUT2D eigenvalue weighted by Gasteiger charge is -2.43. The van der Waals surface area contributed by atoms with Crippen molar-refractivity contribution in [1.82, 2.24) is 24.8 Å². The molecule has 6 rings (SSSR count). The van der Waals surface area contributed by atoms with Gasteiger partial charge in [0, 0.05) is 41.8 Å². The predicted octanol–water partition coefficient (Wildman–Crippen LogP) is 5.06. The standard InChI is InChI=1S/C32H36ClN5O5/c1-19(2)38-16-21(34-35-38)18-43-28-12-11-26(33)25-13-14-37(31(40)23-9-5-6-10-24(23)32(41)42)27(29(25)28)17-36-15-20-7-3-4-8-22(20)30(36)39/h3-4,7-8,11-12,16,19,23-24,27H,5-6,9-10,13-15,17-18H2,1-2H3,(H,41,42)/t23-,24+,27-/m1/s1. The van der Waals surface area contributed by atoms with Crippen LogP contribution in [0.2, 0.25) is 5.02 Å². The molecule has 3 atom stereocenters. The summed E-state index contributed by atoms with van der Waals surface area (Å²) in [4.78, 5) is 43.5. The highest BCUT2D eigenvalue weighted by Crippen LogP contribution is 2.43. The second-order valence-electron chi connectivity index (χ2n) is 12.0. The van der Waals surface area contributed by atoms with Gasteiger partial charge in [0.15, 0.2) is 0 Å². The summed E-state index contributed by atoms with van der Waals surface area (Å²) in [5.74, 6) is -1.98. The van der Waals surface area contributed by atoms with Crippen molar-refractivity contribution in [2.24, 2.45) is 11.8 Å². The highest BCUT2D eigenvalue weighted by molar-refractivity contribution is 6.31. The van der Waals surface area contributed by atoms with Gasteiger partial charge < -0.3 is 19.6 Å². The molecule has 226 valence electrons. The molecule has 3 aliphatic rings. The summed E-state index contributed by atoms with van der Waals surface area (Å²) in [6.45, 7) is 5.24. The first-order valence-electron chi connectivity index (χ1n) is 15.0. The van der Waals surface area contributed by atoms with E-state index in [-0.39, 0.29) is 31.0 Å². The molecule has 0 bridgehead atoms. The molecule has 2 aliphatic heterocycles. The normalized spacial score (nSPS) is 21.6. The van der Waals surface area contributed by atoms with E-state index < -0.39 is 23.8 Å². The third kappa shape index (κ3) is 5.60. The number of aliphatic carboxylic acids is 1. The van der Waals surface area contributed by atoms with Crippen molar-refractivity contribution < 1.29 is 24.2 Å². The summed E-state index contributed by atoms with van der Waals surface area (Å²) in [5.41, 5.74) is 3.90. The van der Waals surface area contributed by atoms with Gasteiger partial charge in [-0.2, -0.15) is 0 Å². The largest absolute Gasteiger partial charge is 0.487 e. The molecule has 11 heteroatoms. The number of rotatable bonds is 8. The predicted molar refractivity (Wildman–Crippen MR) is 159 cm³/mol. The van der Waals surface area contributed by atoms with Crippen LogP contribution < -0.4 is 4.74 Å². The highest BCUT2D eigenvalue weighted by atomic mass is 35.5. The zero-order valence-electron chi connectivity index (χ0n) is 24.4. The molecule has 1 aliphatic carbocycles. The van der Waals surface area contributed by atoms with Gasteiger partial charge in [-0.05, 0) is 62.4 Å². The first-order chi connectivity index (χ1) is 20.7. The molecule has 2 amide bonds. The maximum atomic E-state index is 14.3. The van der Waals surface area contributed by atoms with E-state index >= 15 is 0 Å². The number of carbonyl (C=O) groups is 3. The van der Waals surface area contributed by atoms with E-state index in [4.69, 9.17) is 16.3 Å². The van der Waals surface area contributed by atoms with Crippen LogP contribution in [0.25, 0.3) is 0 Å². The average molecular weight is 606 g/mol. The van der Waals surface area contributed by atoms with Gasteiger partial charge in [-0.15, -0.1) is 5.10 Å². The zero-order chi connectivity index (χ0) is 30.2. The van der Waals surface area contributed by atoms with Crippen molar-refractivity contribution >= 4 is 29.4 Å². The number of carbonyl (C=O) groups excluding carboxylic acids is 2. The Bertz CT molecular complexity index is 1550. The topological polar surface area (TPSA) is 118 Å². The Kier molecular flexibility index (Phi) is 8.13. The van der Waals surface area contributed by atoms with Gasteiger partial charge in [0.1, 0.15) is 18.1 Å². The molecule has 1 saturated carbocycles. The van der Waals surface area contributed by atoms with E-state index in [0.29, 0.717) is 54.4 Å². The van der Waals surface area contributed by atoms with E-state index in [1.807, 2.05) is 44.3 Å². The summed E-state index contributed by atoms with van der Waals surface area (Å²) in [6, 6.07) is 10.7. The summed E-state index contributed by atoms with van der Waals surface area (Å²) in [7, 11) is 0. The maximum Gasteiger partial charge on any atom is 0.307 e. The van der Waals surface area contributed by atoms with Crippen LogP contribution in [0, 0.1) is 11.8 Å². The number of fused-ring (bicyclic) bond motifs is 2. The smallest absolute Gasteiger partial charge is 0.307 e. The van der Waals surface area contributed by atoms with Crippen LogP contribution in [-0.4, -0.2) is 60.8 Å². The van der Waals surface area contributed by atoms with Crippen molar-refractivity contribution in [2.45, 2.75) is 71.2 Å². The average Bonchev–Trinajstić information content (AvgIpc) is 3.61. The molecule has 2 aromatic carbocycles. The minimum absolute atomic E-state index is 0.0917. The zero-order valence-corrected chi connectivity index (χ0v) is 25.2. The number of hydrogen-bond donors (Lipinski definition) is 1. The molecule has 0 spiro atoms. The number of nitrogens with zero attached hydrogens (tertiary/aromatic N) is 5. The highest BCUT2D eigenvalue weighted by Gasteiger charge is 2.44. The van der Waals surface area contributed by atoms with Crippen molar-refractivity contribution in [3.8, 4) is 5.75 Å². The molecule has 3 heterocycles. The van der Waals surface area contributed by atoms with Gasteiger partial charge >= 0.3 is 5.97 Å². The number of carboxylic acid groups (broad SMARTS) is 1.